The predicted octanol–water partition coefficient (Wildman–Crippen LogP) is 1.51. The van der Waals surface area contributed by atoms with Crippen molar-refractivity contribution in [1.29, 1.82) is 0 Å². The van der Waals surface area contributed by atoms with Crippen molar-refractivity contribution in [3.8, 4) is 0 Å². The van der Waals surface area contributed by atoms with Gasteiger partial charge in [-0.15, -0.1) is 11.3 Å². The highest BCUT2D eigenvalue weighted by Crippen LogP contribution is 2.20. The largest absolute Gasteiger partial charge is 0.479 e. The van der Waals surface area contributed by atoms with Crippen molar-refractivity contribution in [2.75, 3.05) is 0 Å². The van der Waals surface area contributed by atoms with Gasteiger partial charge in [0.1, 0.15) is 0 Å². The SMILES string of the molecule is CCCC(C)(N)C(=O)NC(C(=O)O)c1cccs1. The number of carbonyl (C=O) groups is 2. The zero-order valence-corrected chi connectivity index (χ0v) is 11.3. The van der Waals surface area contributed by atoms with Gasteiger partial charge in [-0.05, 0) is 24.8 Å². The molecule has 2 unspecified atom stereocenters. The van der Waals surface area contributed by atoms with Crippen molar-refractivity contribution >= 4 is 23.2 Å². The van der Waals surface area contributed by atoms with Crippen LogP contribution in [-0.4, -0.2) is 22.5 Å². The lowest BCUT2D eigenvalue weighted by atomic mass is 9.96. The maximum Gasteiger partial charge on any atom is 0.331 e. The molecule has 1 aromatic rings. The standard InChI is InChI=1S/C12H18N2O3S/c1-3-6-12(2,13)11(17)14-9(10(15)16)8-5-4-7-18-8/h4-5,7,9H,3,6,13H2,1-2H3,(H,14,17)(H,15,16). The highest BCUT2D eigenvalue weighted by Gasteiger charge is 2.32. The summed E-state index contributed by atoms with van der Waals surface area (Å²) in [5, 5.41) is 13.4. The Labute approximate surface area is 110 Å². The number of thiophene rings is 1. The number of carboxylic acids is 1. The minimum Gasteiger partial charge on any atom is -0.479 e. The lowest BCUT2D eigenvalue weighted by molar-refractivity contribution is -0.142. The van der Waals surface area contributed by atoms with Crippen LogP contribution in [-0.2, 0) is 9.59 Å². The first-order chi connectivity index (χ1) is 8.38. The van der Waals surface area contributed by atoms with Crippen LogP contribution in [0.5, 0.6) is 0 Å². The summed E-state index contributed by atoms with van der Waals surface area (Å²) >= 11 is 1.29. The van der Waals surface area contributed by atoms with Gasteiger partial charge in [-0.3, -0.25) is 4.79 Å². The van der Waals surface area contributed by atoms with Gasteiger partial charge in [0.2, 0.25) is 5.91 Å². The Morgan fingerprint density at radius 3 is 2.72 bits per heavy atom. The summed E-state index contributed by atoms with van der Waals surface area (Å²) in [7, 11) is 0. The van der Waals surface area contributed by atoms with E-state index in [1.807, 2.05) is 6.92 Å². The Bertz CT molecular complexity index is 415. The molecule has 0 aliphatic heterocycles. The van der Waals surface area contributed by atoms with Crippen molar-refractivity contribution < 1.29 is 14.7 Å². The molecule has 6 heteroatoms. The second kappa shape index (κ2) is 5.97. The first-order valence-electron chi connectivity index (χ1n) is 5.74. The lowest BCUT2D eigenvalue weighted by Crippen LogP contribution is -2.53. The Hall–Kier alpha value is -1.40. The number of nitrogens with one attached hydrogen (secondary N) is 1. The predicted molar refractivity (Wildman–Crippen MR) is 70.3 cm³/mol. The molecule has 0 spiro atoms. The lowest BCUT2D eigenvalue weighted by Gasteiger charge is -2.25. The number of hydrogen-bond acceptors (Lipinski definition) is 4. The van der Waals surface area contributed by atoms with Gasteiger partial charge in [0.05, 0.1) is 5.54 Å². The van der Waals surface area contributed by atoms with E-state index in [1.54, 1.807) is 24.4 Å². The third-order valence-electron chi connectivity index (χ3n) is 2.64. The maximum atomic E-state index is 12.0. The number of aliphatic carboxylic acids is 1. The van der Waals surface area contributed by atoms with Gasteiger partial charge in [0.25, 0.3) is 0 Å². The second-order valence-corrected chi connectivity index (χ2v) is 5.41. The van der Waals surface area contributed by atoms with E-state index in [9.17, 15) is 9.59 Å². The van der Waals surface area contributed by atoms with Gasteiger partial charge in [0, 0.05) is 4.88 Å². The van der Waals surface area contributed by atoms with Crippen molar-refractivity contribution in [3.63, 3.8) is 0 Å². The molecule has 0 aromatic carbocycles. The van der Waals surface area contributed by atoms with Crippen LogP contribution in [0.15, 0.2) is 17.5 Å². The molecule has 1 aromatic heterocycles. The van der Waals surface area contributed by atoms with E-state index in [0.717, 1.165) is 6.42 Å². The quantitative estimate of drug-likeness (QED) is 0.730. The van der Waals surface area contributed by atoms with E-state index in [2.05, 4.69) is 5.32 Å². The molecule has 100 valence electrons. The monoisotopic (exact) mass is 270 g/mol. The summed E-state index contributed by atoms with van der Waals surface area (Å²) in [6.07, 6.45) is 1.27. The summed E-state index contributed by atoms with van der Waals surface area (Å²) in [5.74, 6) is -1.52. The molecule has 2 atom stereocenters. The molecular weight excluding hydrogens is 252 g/mol. The van der Waals surface area contributed by atoms with Crippen molar-refractivity contribution in [1.82, 2.24) is 5.32 Å². The van der Waals surface area contributed by atoms with Crippen LogP contribution in [0.1, 0.15) is 37.6 Å². The summed E-state index contributed by atoms with van der Waals surface area (Å²) in [4.78, 5) is 23.7. The molecule has 5 nitrogen and oxygen atoms in total. The molecule has 0 fully saturated rings. The van der Waals surface area contributed by atoms with Crippen LogP contribution in [0.25, 0.3) is 0 Å². The average molecular weight is 270 g/mol. The summed E-state index contributed by atoms with van der Waals surface area (Å²) in [6, 6.07) is 2.39. The van der Waals surface area contributed by atoms with Crippen LogP contribution in [0.4, 0.5) is 0 Å². The Morgan fingerprint density at radius 1 is 1.61 bits per heavy atom. The van der Waals surface area contributed by atoms with Gasteiger partial charge in [0.15, 0.2) is 6.04 Å². The van der Waals surface area contributed by atoms with Crippen molar-refractivity contribution in [2.24, 2.45) is 5.73 Å². The molecule has 4 N–H and O–H groups in total. The molecule has 0 saturated heterocycles. The van der Waals surface area contributed by atoms with Gasteiger partial charge in [-0.1, -0.05) is 19.4 Å². The van der Waals surface area contributed by atoms with E-state index in [0.29, 0.717) is 11.3 Å². The summed E-state index contributed by atoms with van der Waals surface area (Å²) in [6.45, 7) is 3.53. The van der Waals surface area contributed by atoms with E-state index in [-0.39, 0.29) is 0 Å². The minimum atomic E-state index is -1.09. The molecule has 0 saturated carbocycles. The highest BCUT2D eigenvalue weighted by atomic mass is 32.1. The van der Waals surface area contributed by atoms with E-state index in [1.165, 1.54) is 11.3 Å². The van der Waals surface area contributed by atoms with Crippen LogP contribution >= 0.6 is 11.3 Å². The number of rotatable bonds is 6. The maximum absolute atomic E-state index is 12.0. The molecule has 1 heterocycles. The average Bonchev–Trinajstić information content (AvgIpc) is 2.77. The van der Waals surface area contributed by atoms with Crippen molar-refractivity contribution in [2.45, 2.75) is 38.3 Å². The van der Waals surface area contributed by atoms with Crippen LogP contribution < -0.4 is 11.1 Å². The van der Waals surface area contributed by atoms with Crippen molar-refractivity contribution in [3.05, 3.63) is 22.4 Å². The fourth-order valence-electron chi connectivity index (χ4n) is 1.64. The fraction of sp³-hybridized carbons (Fsp3) is 0.500. The fourth-order valence-corrected chi connectivity index (χ4v) is 2.41. The van der Waals surface area contributed by atoms with E-state index in [4.69, 9.17) is 10.8 Å². The number of hydrogen-bond donors (Lipinski definition) is 3. The molecule has 1 rings (SSSR count). The normalized spacial score (nSPS) is 15.7. The second-order valence-electron chi connectivity index (χ2n) is 4.43. The zero-order chi connectivity index (χ0) is 13.8. The molecule has 0 aliphatic carbocycles. The first-order valence-corrected chi connectivity index (χ1v) is 6.62. The zero-order valence-electron chi connectivity index (χ0n) is 10.5. The van der Waals surface area contributed by atoms with Gasteiger partial charge >= 0.3 is 5.97 Å². The molecule has 0 aliphatic rings. The Balaban J connectivity index is 2.80. The number of carbonyl (C=O) groups excluding carboxylic acids is 1. The smallest absolute Gasteiger partial charge is 0.331 e. The number of carboxylic acid groups (broad SMARTS) is 1. The molecule has 0 radical (unpaired) electrons. The highest BCUT2D eigenvalue weighted by molar-refractivity contribution is 7.10. The van der Waals surface area contributed by atoms with Gasteiger partial charge in [-0.2, -0.15) is 0 Å². The van der Waals surface area contributed by atoms with E-state index < -0.39 is 23.5 Å². The minimum absolute atomic E-state index is 0.440. The third-order valence-corrected chi connectivity index (χ3v) is 3.58. The van der Waals surface area contributed by atoms with Crippen LogP contribution in [0.2, 0.25) is 0 Å². The Morgan fingerprint density at radius 2 is 2.28 bits per heavy atom. The van der Waals surface area contributed by atoms with Gasteiger partial charge in [-0.25, -0.2) is 4.79 Å². The molecule has 1 amide bonds. The first kappa shape index (κ1) is 14.7. The van der Waals surface area contributed by atoms with E-state index >= 15 is 0 Å². The van der Waals surface area contributed by atoms with Crippen LogP contribution in [0.3, 0.4) is 0 Å². The molecule has 0 bridgehead atoms. The number of amides is 1. The summed E-state index contributed by atoms with van der Waals surface area (Å²) in [5.41, 5.74) is 4.83. The number of nitrogens with two attached hydrogens (primary N) is 1. The van der Waals surface area contributed by atoms with Crippen LogP contribution in [0, 0.1) is 0 Å². The Kier molecular flexibility index (Phi) is 4.86. The topological polar surface area (TPSA) is 92.4 Å². The molecular formula is C12H18N2O3S. The summed E-state index contributed by atoms with van der Waals surface area (Å²) < 4.78 is 0. The van der Waals surface area contributed by atoms with Gasteiger partial charge < -0.3 is 16.2 Å². The molecule has 18 heavy (non-hydrogen) atoms. The third kappa shape index (κ3) is 3.54.